The molecule has 0 unspecified atom stereocenters. The molecule has 0 aromatic heterocycles. The van der Waals surface area contributed by atoms with E-state index in [9.17, 15) is 0 Å². The van der Waals surface area contributed by atoms with Gasteiger partial charge in [-0.05, 0) is 90.6 Å². The van der Waals surface area contributed by atoms with Crippen LogP contribution in [0.1, 0.15) is 23.1 Å². The van der Waals surface area contributed by atoms with Gasteiger partial charge in [-0.2, -0.15) is 0 Å². The summed E-state index contributed by atoms with van der Waals surface area (Å²) in [6.07, 6.45) is 0.663. The van der Waals surface area contributed by atoms with Crippen LogP contribution >= 0.6 is 47.8 Å². The molecule has 8 heteroatoms. The van der Waals surface area contributed by atoms with E-state index < -0.39 is 5.41 Å². The maximum atomic E-state index is 6.41. The van der Waals surface area contributed by atoms with Crippen LogP contribution in [-0.2, 0) is 14.9 Å². The molecule has 0 spiro atoms. The molecule has 5 nitrogen and oxygen atoms in total. The highest BCUT2D eigenvalue weighted by atomic mass is 79.9. The van der Waals surface area contributed by atoms with Gasteiger partial charge in [0.15, 0.2) is 0 Å². The Labute approximate surface area is 204 Å². The van der Waals surface area contributed by atoms with Gasteiger partial charge in [0.25, 0.3) is 0 Å². The molecule has 0 saturated heterocycles. The molecule has 0 radical (unpaired) electrons. The van der Waals surface area contributed by atoms with Crippen molar-refractivity contribution in [2.45, 2.75) is 11.8 Å². The summed E-state index contributed by atoms with van der Waals surface area (Å²) in [4.78, 5) is 0. The molecule has 0 bridgehead atoms. The number of hydrogen-bond donors (Lipinski definition) is 0. The highest BCUT2D eigenvalue weighted by molar-refractivity contribution is 9.11. The lowest BCUT2D eigenvalue weighted by Gasteiger charge is -2.48. The summed E-state index contributed by atoms with van der Waals surface area (Å²) in [6.45, 7) is 0.712. The number of halogens is 3. The molecule has 3 aromatic carbocycles. The van der Waals surface area contributed by atoms with E-state index >= 15 is 0 Å². The van der Waals surface area contributed by atoms with Gasteiger partial charge < -0.3 is 23.7 Å². The number of benzene rings is 3. The summed E-state index contributed by atoms with van der Waals surface area (Å²) in [7, 11) is 1.62. The van der Waals surface area contributed by atoms with Gasteiger partial charge in [-0.3, -0.25) is 0 Å². The second kappa shape index (κ2) is 7.22. The summed E-state index contributed by atoms with van der Waals surface area (Å²) < 4.78 is 32.8. The van der Waals surface area contributed by atoms with Crippen LogP contribution < -0.4 is 14.2 Å². The molecule has 31 heavy (non-hydrogen) atoms. The smallest absolute Gasteiger partial charge is 0.149 e. The lowest BCUT2D eigenvalue weighted by atomic mass is 9.63. The summed E-state index contributed by atoms with van der Waals surface area (Å²) in [5.41, 5.74) is 2.36. The fraction of sp³-hybridized carbons (Fsp3) is 0.217. The van der Waals surface area contributed by atoms with Crippen molar-refractivity contribution in [1.29, 1.82) is 0 Å². The van der Waals surface area contributed by atoms with E-state index in [1.807, 2.05) is 36.4 Å². The van der Waals surface area contributed by atoms with Crippen molar-refractivity contribution >= 4 is 47.8 Å². The summed E-state index contributed by atoms with van der Waals surface area (Å²) in [6, 6.07) is 11.8. The lowest BCUT2D eigenvalue weighted by Crippen LogP contribution is -2.39. The standard InChI is InChI=1S/C23H15Br3O5/c1-27-10-28-9-8-23-17-14-5-2-11(24)20(17)30-15-6-3-13(26)22(18(15)23)31-16-7-4-12(25)21(29-14)19(16)23/h2-7H,8-10H2,1H3. The molecule has 3 aliphatic heterocycles. The third-order valence-electron chi connectivity index (χ3n) is 5.95. The van der Waals surface area contributed by atoms with Gasteiger partial charge in [-0.1, -0.05) is 0 Å². The Morgan fingerprint density at radius 1 is 0.710 bits per heavy atom. The molecular weight excluding hydrogens is 596 g/mol. The van der Waals surface area contributed by atoms with Crippen LogP contribution in [0.2, 0.25) is 0 Å². The normalized spacial score (nSPS) is 15.5. The van der Waals surface area contributed by atoms with Crippen LogP contribution in [-0.4, -0.2) is 20.5 Å². The average molecular weight is 611 g/mol. The molecule has 3 heterocycles. The van der Waals surface area contributed by atoms with E-state index in [1.165, 1.54) is 0 Å². The maximum Gasteiger partial charge on any atom is 0.149 e. The summed E-state index contributed by atoms with van der Waals surface area (Å²) >= 11 is 11.1. The Hall–Kier alpha value is -1.58. The quantitative estimate of drug-likeness (QED) is 0.172. The zero-order valence-electron chi connectivity index (χ0n) is 16.3. The lowest BCUT2D eigenvalue weighted by molar-refractivity contribution is -0.0343. The van der Waals surface area contributed by atoms with Crippen LogP contribution in [0.4, 0.5) is 0 Å². The molecule has 0 fully saturated rings. The van der Waals surface area contributed by atoms with Crippen molar-refractivity contribution in [1.82, 2.24) is 0 Å². The largest absolute Gasteiger partial charge is 0.455 e. The minimum atomic E-state index is -0.570. The molecular formula is C23H15Br3O5. The second-order valence-corrected chi connectivity index (χ2v) is 10.1. The first-order valence-electron chi connectivity index (χ1n) is 9.65. The molecule has 158 valence electrons. The van der Waals surface area contributed by atoms with Crippen molar-refractivity contribution in [2.24, 2.45) is 0 Å². The highest BCUT2D eigenvalue weighted by Gasteiger charge is 2.56. The number of hydrogen-bond acceptors (Lipinski definition) is 5. The third kappa shape index (κ3) is 2.66. The van der Waals surface area contributed by atoms with E-state index in [4.69, 9.17) is 23.7 Å². The van der Waals surface area contributed by atoms with E-state index in [-0.39, 0.29) is 6.79 Å². The van der Waals surface area contributed by atoms with E-state index in [1.54, 1.807) is 7.11 Å². The third-order valence-corrected chi connectivity index (χ3v) is 7.83. The van der Waals surface area contributed by atoms with Gasteiger partial charge >= 0.3 is 0 Å². The molecule has 0 amide bonds. The van der Waals surface area contributed by atoms with Crippen LogP contribution in [0.5, 0.6) is 34.5 Å². The Bertz CT molecular complexity index is 1110. The summed E-state index contributed by atoms with van der Waals surface area (Å²) in [5, 5.41) is 0. The van der Waals surface area contributed by atoms with Crippen LogP contribution in [0, 0.1) is 0 Å². The van der Waals surface area contributed by atoms with Crippen molar-refractivity contribution in [3.63, 3.8) is 0 Å². The predicted molar refractivity (Wildman–Crippen MR) is 125 cm³/mol. The van der Waals surface area contributed by atoms with Crippen LogP contribution in [0.3, 0.4) is 0 Å². The first kappa shape index (κ1) is 20.1. The Balaban J connectivity index is 1.73. The van der Waals surface area contributed by atoms with Crippen molar-refractivity contribution in [3.05, 3.63) is 66.5 Å². The van der Waals surface area contributed by atoms with Crippen LogP contribution in [0.15, 0.2) is 49.8 Å². The number of ether oxygens (including phenoxy) is 5. The Kier molecular flexibility index (Phi) is 4.67. The predicted octanol–water partition coefficient (Wildman–Crippen LogP) is 7.64. The Morgan fingerprint density at radius 2 is 1.13 bits per heavy atom. The first-order valence-corrected chi connectivity index (χ1v) is 12.0. The van der Waals surface area contributed by atoms with Crippen molar-refractivity contribution in [3.8, 4) is 34.5 Å². The number of methoxy groups -OCH3 is 1. The molecule has 0 N–H and O–H groups in total. The number of rotatable bonds is 5. The second-order valence-electron chi connectivity index (χ2n) is 7.53. The van der Waals surface area contributed by atoms with Gasteiger partial charge in [0.2, 0.25) is 0 Å². The SMILES string of the molecule is COCOCCC12c3c4ccc(Br)c3Oc3ccc(Br)c(c31)Oc1ccc(Br)c(c12)O4. The van der Waals surface area contributed by atoms with Gasteiger partial charge in [-0.25, -0.2) is 0 Å². The fourth-order valence-electron chi connectivity index (χ4n) is 4.83. The van der Waals surface area contributed by atoms with Crippen molar-refractivity contribution < 1.29 is 23.7 Å². The van der Waals surface area contributed by atoms with Crippen LogP contribution in [0.25, 0.3) is 0 Å². The van der Waals surface area contributed by atoms with E-state index in [2.05, 4.69) is 47.8 Å². The van der Waals surface area contributed by atoms with Gasteiger partial charge in [0.05, 0.1) is 42.1 Å². The van der Waals surface area contributed by atoms with Gasteiger partial charge in [-0.15, -0.1) is 0 Å². The molecule has 0 aliphatic carbocycles. The average Bonchev–Trinajstić information content (AvgIpc) is 2.77. The zero-order valence-corrected chi connectivity index (χ0v) is 21.0. The fourth-order valence-corrected chi connectivity index (χ4v) is 6.07. The molecule has 6 rings (SSSR count). The topological polar surface area (TPSA) is 46.2 Å². The minimum absolute atomic E-state index is 0.230. The first-order chi connectivity index (χ1) is 15.1. The maximum absolute atomic E-state index is 6.41. The minimum Gasteiger partial charge on any atom is -0.455 e. The van der Waals surface area contributed by atoms with Gasteiger partial charge in [0.1, 0.15) is 41.3 Å². The Morgan fingerprint density at radius 3 is 1.52 bits per heavy atom. The zero-order chi connectivity index (χ0) is 21.3. The molecule has 0 atom stereocenters. The van der Waals surface area contributed by atoms with Crippen molar-refractivity contribution in [2.75, 3.05) is 20.5 Å². The summed E-state index contributed by atoms with van der Waals surface area (Å²) in [5.74, 6) is 4.53. The van der Waals surface area contributed by atoms with E-state index in [0.717, 1.165) is 64.6 Å². The van der Waals surface area contributed by atoms with E-state index in [0.29, 0.717) is 13.0 Å². The molecule has 3 aromatic rings. The highest BCUT2D eigenvalue weighted by Crippen LogP contribution is 2.69. The molecule has 0 saturated carbocycles. The van der Waals surface area contributed by atoms with Gasteiger partial charge in [0, 0.05) is 7.11 Å². The molecule has 3 aliphatic rings. The monoisotopic (exact) mass is 608 g/mol.